The Morgan fingerprint density at radius 1 is 1.35 bits per heavy atom. The molecule has 3 heteroatoms. The van der Waals surface area contributed by atoms with Gasteiger partial charge in [0, 0.05) is 0 Å². The Labute approximate surface area is 120 Å². The molecule has 1 aliphatic carbocycles. The molecule has 0 heterocycles. The Kier molecular flexibility index (Phi) is 5.22. The Hall–Kier alpha value is -1.77. The highest BCUT2D eigenvalue weighted by atomic mass is 16.7. The van der Waals surface area contributed by atoms with Crippen molar-refractivity contribution in [3.63, 3.8) is 0 Å². The number of hydrogen-bond donors (Lipinski definition) is 0. The van der Waals surface area contributed by atoms with E-state index in [0.29, 0.717) is 5.75 Å². The van der Waals surface area contributed by atoms with Crippen LogP contribution in [0.1, 0.15) is 39.5 Å². The lowest BCUT2D eigenvalue weighted by atomic mass is 9.86. The average molecular weight is 274 g/mol. The molecule has 0 aliphatic heterocycles. The monoisotopic (exact) mass is 274 g/mol. The van der Waals surface area contributed by atoms with Crippen molar-refractivity contribution in [2.75, 3.05) is 0 Å². The zero-order valence-electron chi connectivity index (χ0n) is 12.2. The zero-order valence-corrected chi connectivity index (χ0v) is 12.2. The predicted octanol–water partition coefficient (Wildman–Crippen LogP) is 4.73. The fraction of sp³-hybridized carbons (Fsp3) is 0.471. The first kappa shape index (κ1) is 14.6. The van der Waals surface area contributed by atoms with Gasteiger partial charge in [0.2, 0.25) is 0 Å². The van der Waals surface area contributed by atoms with Gasteiger partial charge in [-0.2, -0.15) is 0 Å². The van der Waals surface area contributed by atoms with E-state index in [1.807, 2.05) is 25.1 Å². The topological polar surface area (TPSA) is 35.5 Å². The highest BCUT2D eigenvalue weighted by Crippen LogP contribution is 2.28. The largest absolute Gasteiger partial charge is 0.514 e. The fourth-order valence-electron chi connectivity index (χ4n) is 2.48. The molecule has 0 fully saturated rings. The lowest BCUT2D eigenvalue weighted by molar-refractivity contribution is 0.0763. The first-order valence-corrected chi connectivity index (χ1v) is 7.31. The van der Waals surface area contributed by atoms with Crippen LogP contribution in [0.15, 0.2) is 42.0 Å². The highest BCUT2D eigenvalue weighted by Gasteiger charge is 2.20. The van der Waals surface area contributed by atoms with E-state index in [4.69, 9.17) is 9.47 Å². The summed E-state index contributed by atoms with van der Waals surface area (Å²) < 4.78 is 10.5. The van der Waals surface area contributed by atoms with Crippen LogP contribution in [0.5, 0.6) is 5.75 Å². The predicted molar refractivity (Wildman–Crippen MR) is 78.7 cm³/mol. The summed E-state index contributed by atoms with van der Waals surface area (Å²) in [5.41, 5.74) is 1.21. The second-order valence-electron chi connectivity index (χ2n) is 5.25. The zero-order chi connectivity index (χ0) is 14.4. The fourth-order valence-corrected chi connectivity index (χ4v) is 2.48. The number of carbonyl (C=O) groups excluding carboxylic acids is 1. The molecule has 1 aromatic carbocycles. The summed E-state index contributed by atoms with van der Waals surface area (Å²) in [5.74, 6) is 1.29. The van der Waals surface area contributed by atoms with Gasteiger partial charge in [0.15, 0.2) is 0 Å². The lowest BCUT2D eigenvalue weighted by Crippen LogP contribution is -2.22. The van der Waals surface area contributed by atoms with Crippen LogP contribution in [0, 0.1) is 5.92 Å². The number of allylic oxidation sites excluding steroid dienone is 1. The smallest absolute Gasteiger partial charge is 0.426 e. The normalized spacial score (nSPS) is 19.9. The minimum absolute atomic E-state index is 0.205. The summed E-state index contributed by atoms with van der Waals surface area (Å²) in [6, 6.07) is 8.98. The quantitative estimate of drug-likeness (QED) is 0.452. The molecule has 20 heavy (non-hydrogen) atoms. The van der Waals surface area contributed by atoms with Crippen LogP contribution in [0.25, 0.3) is 0 Å². The van der Waals surface area contributed by atoms with Crippen molar-refractivity contribution in [3.8, 4) is 5.75 Å². The van der Waals surface area contributed by atoms with E-state index in [-0.39, 0.29) is 6.10 Å². The van der Waals surface area contributed by atoms with E-state index in [0.717, 1.165) is 18.8 Å². The Morgan fingerprint density at radius 2 is 2.10 bits per heavy atom. The summed E-state index contributed by atoms with van der Waals surface area (Å²) in [6.45, 7) is 4.13. The molecule has 0 bridgehead atoms. The van der Waals surface area contributed by atoms with Gasteiger partial charge in [-0.25, -0.2) is 4.79 Å². The summed E-state index contributed by atoms with van der Waals surface area (Å²) >= 11 is 0. The molecular formula is C17H22O3. The van der Waals surface area contributed by atoms with Crippen LogP contribution in [0.3, 0.4) is 0 Å². The van der Waals surface area contributed by atoms with Gasteiger partial charge in [-0.1, -0.05) is 37.6 Å². The molecule has 2 rings (SSSR count). The van der Waals surface area contributed by atoms with Gasteiger partial charge in [0.25, 0.3) is 0 Å². The third kappa shape index (κ3) is 4.12. The Balaban J connectivity index is 1.84. The summed E-state index contributed by atoms with van der Waals surface area (Å²) in [5, 5.41) is 0. The van der Waals surface area contributed by atoms with Crippen LogP contribution < -0.4 is 4.74 Å². The van der Waals surface area contributed by atoms with E-state index in [9.17, 15) is 4.79 Å². The van der Waals surface area contributed by atoms with Crippen LogP contribution in [-0.4, -0.2) is 12.3 Å². The van der Waals surface area contributed by atoms with Crippen molar-refractivity contribution in [2.45, 2.75) is 45.6 Å². The van der Waals surface area contributed by atoms with Crippen molar-refractivity contribution < 1.29 is 14.3 Å². The number of benzene rings is 1. The average Bonchev–Trinajstić information content (AvgIpc) is 2.48. The molecule has 0 spiro atoms. The molecule has 1 aliphatic rings. The third-order valence-corrected chi connectivity index (χ3v) is 3.87. The van der Waals surface area contributed by atoms with Gasteiger partial charge in [-0.15, -0.1) is 0 Å². The maximum Gasteiger partial charge on any atom is 0.514 e. The number of rotatable bonds is 4. The maximum atomic E-state index is 11.7. The first-order valence-electron chi connectivity index (χ1n) is 7.31. The first-order chi connectivity index (χ1) is 9.69. The summed E-state index contributed by atoms with van der Waals surface area (Å²) in [6.07, 6.45) is 5.88. The van der Waals surface area contributed by atoms with Crippen molar-refractivity contribution in [3.05, 3.63) is 42.0 Å². The molecule has 0 N–H and O–H groups in total. The summed E-state index contributed by atoms with van der Waals surface area (Å²) in [4.78, 5) is 11.7. The number of para-hydroxylation sites is 1. The van der Waals surface area contributed by atoms with E-state index >= 15 is 0 Å². The maximum absolute atomic E-state index is 11.7. The molecule has 0 saturated heterocycles. The molecule has 2 unspecified atom stereocenters. The van der Waals surface area contributed by atoms with Gasteiger partial charge in [-0.3, -0.25) is 0 Å². The number of carbonyl (C=O) groups is 1. The van der Waals surface area contributed by atoms with Gasteiger partial charge in [0.05, 0.1) is 0 Å². The van der Waals surface area contributed by atoms with E-state index in [2.05, 4.69) is 13.0 Å². The second-order valence-corrected chi connectivity index (χ2v) is 5.25. The summed E-state index contributed by atoms with van der Waals surface area (Å²) in [7, 11) is 0. The van der Waals surface area contributed by atoms with Gasteiger partial charge >= 0.3 is 6.16 Å². The SMILES string of the molecule is CCC1CC=C(C(C)OC(=O)Oc2ccccc2)CC1. The van der Waals surface area contributed by atoms with E-state index < -0.39 is 6.16 Å². The van der Waals surface area contributed by atoms with Crippen LogP contribution >= 0.6 is 0 Å². The molecule has 3 nitrogen and oxygen atoms in total. The molecule has 0 radical (unpaired) electrons. The Morgan fingerprint density at radius 3 is 2.70 bits per heavy atom. The van der Waals surface area contributed by atoms with E-state index in [1.165, 1.54) is 18.4 Å². The minimum atomic E-state index is -0.637. The standard InChI is InChI=1S/C17H22O3/c1-3-14-9-11-15(12-10-14)13(2)19-17(18)20-16-7-5-4-6-8-16/h4-8,11,13-14H,3,9-10,12H2,1-2H3. The van der Waals surface area contributed by atoms with Crippen LogP contribution in [0.4, 0.5) is 4.79 Å². The molecule has 1 aromatic rings. The molecule has 0 saturated carbocycles. The number of hydrogen-bond acceptors (Lipinski definition) is 3. The molecule has 0 aromatic heterocycles. The molecule has 2 atom stereocenters. The lowest BCUT2D eigenvalue weighted by Gasteiger charge is -2.24. The molecular weight excluding hydrogens is 252 g/mol. The van der Waals surface area contributed by atoms with E-state index in [1.54, 1.807) is 12.1 Å². The second kappa shape index (κ2) is 7.13. The van der Waals surface area contributed by atoms with Crippen molar-refractivity contribution >= 4 is 6.16 Å². The molecule has 0 amide bonds. The third-order valence-electron chi connectivity index (χ3n) is 3.87. The van der Waals surface area contributed by atoms with Crippen molar-refractivity contribution in [1.82, 2.24) is 0 Å². The van der Waals surface area contributed by atoms with Gasteiger partial charge in [0.1, 0.15) is 11.9 Å². The van der Waals surface area contributed by atoms with Gasteiger partial charge < -0.3 is 9.47 Å². The number of ether oxygens (including phenoxy) is 2. The molecule has 108 valence electrons. The minimum Gasteiger partial charge on any atom is -0.426 e. The highest BCUT2D eigenvalue weighted by molar-refractivity contribution is 5.64. The van der Waals surface area contributed by atoms with Crippen LogP contribution in [0.2, 0.25) is 0 Å². The van der Waals surface area contributed by atoms with Crippen molar-refractivity contribution in [2.24, 2.45) is 5.92 Å². The van der Waals surface area contributed by atoms with Crippen LogP contribution in [-0.2, 0) is 4.74 Å². The Bertz CT molecular complexity index is 464. The van der Waals surface area contributed by atoms with Crippen molar-refractivity contribution in [1.29, 1.82) is 0 Å². The van der Waals surface area contributed by atoms with Gasteiger partial charge in [-0.05, 0) is 49.8 Å².